The lowest BCUT2D eigenvalue weighted by atomic mass is 9.99. The first-order chi connectivity index (χ1) is 9.56. The van der Waals surface area contributed by atoms with Crippen molar-refractivity contribution in [3.63, 3.8) is 0 Å². The van der Waals surface area contributed by atoms with E-state index in [1.165, 1.54) is 11.5 Å². The number of rotatable bonds is 2. The third-order valence-corrected chi connectivity index (χ3v) is 4.00. The summed E-state index contributed by atoms with van der Waals surface area (Å²) in [6, 6.07) is 10.8. The molecular formula is C15H11NO3S. The summed E-state index contributed by atoms with van der Waals surface area (Å²) in [6.45, 7) is 1.93. The van der Waals surface area contributed by atoms with E-state index in [2.05, 4.69) is 4.37 Å². The van der Waals surface area contributed by atoms with Gasteiger partial charge in [0.1, 0.15) is 5.75 Å². The number of aromatic carboxylic acids is 1. The number of fused-ring (bicyclic) bond motifs is 1. The molecule has 0 fully saturated rings. The number of carbonyl (C=O) groups is 1. The van der Waals surface area contributed by atoms with Crippen LogP contribution in [0.25, 0.3) is 21.2 Å². The zero-order valence-electron chi connectivity index (χ0n) is 10.6. The minimum absolute atomic E-state index is 0.0963. The van der Waals surface area contributed by atoms with Crippen LogP contribution in [0.4, 0.5) is 0 Å². The molecule has 0 bridgehead atoms. The second kappa shape index (κ2) is 4.61. The molecule has 0 amide bonds. The Hall–Kier alpha value is -2.40. The number of carboxylic acids is 1. The lowest BCUT2D eigenvalue weighted by Gasteiger charge is -2.06. The van der Waals surface area contributed by atoms with Gasteiger partial charge in [-0.15, -0.1) is 0 Å². The molecule has 1 aromatic heterocycles. The van der Waals surface area contributed by atoms with Gasteiger partial charge in [0, 0.05) is 5.39 Å². The summed E-state index contributed by atoms with van der Waals surface area (Å²) in [5.74, 6) is -0.775. The Kier molecular flexibility index (Phi) is 2.91. The van der Waals surface area contributed by atoms with Gasteiger partial charge in [0.15, 0.2) is 5.69 Å². The number of benzene rings is 2. The molecule has 0 aliphatic heterocycles. The quantitative estimate of drug-likeness (QED) is 0.753. The average molecular weight is 285 g/mol. The molecule has 2 N–H and O–H groups in total. The van der Waals surface area contributed by atoms with Crippen LogP contribution < -0.4 is 0 Å². The molecule has 0 saturated heterocycles. The van der Waals surface area contributed by atoms with Crippen LogP contribution in [-0.2, 0) is 0 Å². The molecule has 0 aliphatic carbocycles. The van der Waals surface area contributed by atoms with E-state index in [1.54, 1.807) is 18.2 Å². The molecular weight excluding hydrogens is 274 g/mol. The summed E-state index contributed by atoms with van der Waals surface area (Å²) in [4.78, 5) is 11.0. The Bertz CT molecular complexity index is 823. The van der Waals surface area contributed by atoms with E-state index in [-0.39, 0.29) is 11.4 Å². The molecule has 5 heteroatoms. The van der Waals surface area contributed by atoms with Gasteiger partial charge in [0.05, 0.1) is 4.70 Å². The highest BCUT2D eigenvalue weighted by Crippen LogP contribution is 2.31. The molecule has 0 aliphatic rings. The summed E-state index contributed by atoms with van der Waals surface area (Å²) < 4.78 is 4.81. The summed E-state index contributed by atoms with van der Waals surface area (Å²) in [5.41, 5.74) is 3.05. The number of hydrogen-bond acceptors (Lipinski definition) is 4. The third kappa shape index (κ3) is 2.02. The molecule has 3 rings (SSSR count). The molecule has 20 heavy (non-hydrogen) atoms. The minimum Gasteiger partial charge on any atom is -0.508 e. The predicted octanol–water partition coefficient (Wildman–Crippen LogP) is 3.68. The van der Waals surface area contributed by atoms with Crippen LogP contribution in [-0.4, -0.2) is 20.6 Å². The lowest BCUT2D eigenvalue weighted by Crippen LogP contribution is -1.95. The van der Waals surface area contributed by atoms with E-state index >= 15 is 0 Å². The van der Waals surface area contributed by atoms with Crippen LogP contribution in [0.3, 0.4) is 0 Å². The standard InChI is InChI=1S/C15H11NO3S/c1-8-6-10(17)3-5-11(8)9-2-4-12-13(7-9)20-16-14(12)15(18)19/h2-7,17H,1H3,(H,18,19). The first-order valence-corrected chi connectivity index (χ1v) is 6.76. The van der Waals surface area contributed by atoms with E-state index in [0.717, 1.165) is 21.4 Å². The molecule has 2 aromatic carbocycles. The van der Waals surface area contributed by atoms with Gasteiger partial charge < -0.3 is 10.2 Å². The average Bonchev–Trinajstić information content (AvgIpc) is 2.81. The van der Waals surface area contributed by atoms with Crippen LogP contribution in [0.2, 0.25) is 0 Å². The smallest absolute Gasteiger partial charge is 0.356 e. The molecule has 0 spiro atoms. The van der Waals surface area contributed by atoms with Crippen molar-refractivity contribution in [2.75, 3.05) is 0 Å². The Morgan fingerprint density at radius 1 is 1.20 bits per heavy atom. The maximum atomic E-state index is 11.0. The van der Waals surface area contributed by atoms with Crippen molar-refractivity contribution in [3.8, 4) is 16.9 Å². The molecule has 0 unspecified atom stereocenters. The largest absolute Gasteiger partial charge is 0.508 e. The van der Waals surface area contributed by atoms with Crippen molar-refractivity contribution in [1.29, 1.82) is 0 Å². The van der Waals surface area contributed by atoms with E-state index in [1.807, 2.05) is 25.1 Å². The first kappa shape index (κ1) is 12.6. The number of aryl methyl sites for hydroxylation is 1. The minimum atomic E-state index is -1.01. The number of aromatic nitrogens is 1. The Morgan fingerprint density at radius 2 is 2.00 bits per heavy atom. The second-order valence-electron chi connectivity index (χ2n) is 4.55. The Labute approximate surface area is 119 Å². The van der Waals surface area contributed by atoms with Crippen LogP contribution in [0.5, 0.6) is 5.75 Å². The zero-order chi connectivity index (χ0) is 14.3. The van der Waals surface area contributed by atoms with Crippen molar-refractivity contribution in [1.82, 2.24) is 4.37 Å². The van der Waals surface area contributed by atoms with Gasteiger partial charge in [-0.05, 0) is 53.3 Å². The number of hydrogen-bond donors (Lipinski definition) is 2. The zero-order valence-corrected chi connectivity index (χ0v) is 11.4. The van der Waals surface area contributed by atoms with Gasteiger partial charge in [0.2, 0.25) is 0 Å². The Morgan fingerprint density at radius 3 is 2.70 bits per heavy atom. The lowest BCUT2D eigenvalue weighted by molar-refractivity contribution is 0.0694. The highest BCUT2D eigenvalue weighted by atomic mass is 32.1. The normalized spacial score (nSPS) is 10.8. The van der Waals surface area contributed by atoms with Gasteiger partial charge in [-0.3, -0.25) is 0 Å². The van der Waals surface area contributed by atoms with Crippen molar-refractivity contribution < 1.29 is 15.0 Å². The summed E-state index contributed by atoms with van der Waals surface area (Å²) in [5, 5.41) is 19.2. The first-order valence-electron chi connectivity index (χ1n) is 5.99. The number of phenols is 1. The molecule has 0 saturated carbocycles. The van der Waals surface area contributed by atoms with Crippen LogP contribution >= 0.6 is 11.5 Å². The fourth-order valence-corrected chi connectivity index (χ4v) is 3.04. The molecule has 0 atom stereocenters. The molecule has 1 heterocycles. The fraction of sp³-hybridized carbons (Fsp3) is 0.0667. The van der Waals surface area contributed by atoms with Crippen molar-refractivity contribution in [2.45, 2.75) is 6.92 Å². The van der Waals surface area contributed by atoms with Crippen LogP contribution in [0.15, 0.2) is 36.4 Å². The van der Waals surface area contributed by atoms with Gasteiger partial charge >= 0.3 is 5.97 Å². The van der Waals surface area contributed by atoms with Crippen molar-refractivity contribution >= 4 is 27.6 Å². The van der Waals surface area contributed by atoms with E-state index in [9.17, 15) is 9.90 Å². The molecule has 0 radical (unpaired) electrons. The van der Waals surface area contributed by atoms with Crippen molar-refractivity contribution in [3.05, 3.63) is 47.7 Å². The number of carboxylic acid groups (broad SMARTS) is 1. The van der Waals surface area contributed by atoms with Gasteiger partial charge in [-0.1, -0.05) is 18.2 Å². The van der Waals surface area contributed by atoms with E-state index in [4.69, 9.17) is 5.11 Å². The van der Waals surface area contributed by atoms with Gasteiger partial charge in [0.25, 0.3) is 0 Å². The van der Waals surface area contributed by atoms with E-state index in [0.29, 0.717) is 5.39 Å². The predicted molar refractivity (Wildman–Crippen MR) is 78.4 cm³/mol. The monoisotopic (exact) mass is 285 g/mol. The summed E-state index contributed by atoms with van der Waals surface area (Å²) in [7, 11) is 0. The maximum absolute atomic E-state index is 11.0. The Balaban J connectivity index is 2.16. The van der Waals surface area contributed by atoms with E-state index < -0.39 is 5.97 Å². The highest BCUT2D eigenvalue weighted by molar-refractivity contribution is 7.13. The number of phenolic OH excluding ortho intramolecular Hbond substituents is 1. The fourth-order valence-electron chi connectivity index (χ4n) is 2.23. The third-order valence-electron chi connectivity index (χ3n) is 3.20. The second-order valence-corrected chi connectivity index (χ2v) is 5.35. The van der Waals surface area contributed by atoms with Gasteiger partial charge in [-0.2, -0.15) is 4.37 Å². The van der Waals surface area contributed by atoms with Crippen LogP contribution in [0.1, 0.15) is 16.1 Å². The SMILES string of the molecule is Cc1cc(O)ccc1-c1ccc2c(C(=O)O)nsc2c1. The van der Waals surface area contributed by atoms with Gasteiger partial charge in [-0.25, -0.2) is 4.79 Å². The highest BCUT2D eigenvalue weighted by Gasteiger charge is 2.13. The number of nitrogens with zero attached hydrogens (tertiary/aromatic N) is 1. The summed E-state index contributed by atoms with van der Waals surface area (Å²) >= 11 is 1.18. The summed E-state index contributed by atoms with van der Waals surface area (Å²) in [6.07, 6.45) is 0. The number of aromatic hydroxyl groups is 1. The molecule has 4 nitrogen and oxygen atoms in total. The maximum Gasteiger partial charge on any atom is 0.356 e. The van der Waals surface area contributed by atoms with Crippen LogP contribution in [0, 0.1) is 6.92 Å². The molecule has 100 valence electrons. The molecule has 3 aromatic rings. The topological polar surface area (TPSA) is 70.4 Å². The van der Waals surface area contributed by atoms with Crippen molar-refractivity contribution in [2.24, 2.45) is 0 Å².